The van der Waals surface area contributed by atoms with Crippen LogP contribution in [0.3, 0.4) is 0 Å². The van der Waals surface area contributed by atoms with Gasteiger partial charge in [-0.15, -0.1) is 0 Å². The fourth-order valence-corrected chi connectivity index (χ4v) is 3.82. The number of anilines is 1. The Kier molecular flexibility index (Phi) is 6.77. The summed E-state index contributed by atoms with van der Waals surface area (Å²) < 4.78 is 5.97. The van der Waals surface area contributed by atoms with Crippen molar-refractivity contribution in [3.8, 4) is 11.6 Å². The molecule has 2 heterocycles. The fraction of sp³-hybridized carbons (Fsp3) is 0.320. The van der Waals surface area contributed by atoms with Gasteiger partial charge < -0.3 is 15.0 Å². The van der Waals surface area contributed by atoms with E-state index in [9.17, 15) is 4.79 Å². The van der Waals surface area contributed by atoms with E-state index in [0.29, 0.717) is 30.5 Å². The van der Waals surface area contributed by atoms with Crippen LogP contribution in [0.5, 0.6) is 11.6 Å². The number of benzene rings is 2. The number of piperidine rings is 1. The molecular weight excluding hydrogens is 388 g/mol. The Bertz CT molecular complexity index is 992. The van der Waals surface area contributed by atoms with Crippen LogP contribution in [0.15, 0.2) is 67.0 Å². The zero-order valence-corrected chi connectivity index (χ0v) is 17.8. The molecule has 2 aromatic carbocycles. The van der Waals surface area contributed by atoms with Crippen LogP contribution in [0.1, 0.15) is 30.9 Å². The number of nitrogens with one attached hydrogen (secondary N) is 1. The maximum atomic E-state index is 12.8. The van der Waals surface area contributed by atoms with E-state index in [1.165, 1.54) is 5.56 Å². The number of carbonyl (C=O) groups is 1. The van der Waals surface area contributed by atoms with Crippen LogP contribution in [0.4, 0.5) is 5.82 Å². The first-order valence-corrected chi connectivity index (χ1v) is 10.9. The minimum Gasteiger partial charge on any atom is -0.436 e. The van der Waals surface area contributed by atoms with Crippen LogP contribution in [-0.2, 0) is 17.8 Å². The molecule has 0 aliphatic carbocycles. The molecule has 0 spiro atoms. The van der Waals surface area contributed by atoms with Crippen molar-refractivity contribution in [2.45, 2.75) is 32.7 Å². The third-order valence-electron chi connectivity index (χ3n) is 5.59. The Morgan fingerprint density at radius 3 is 2.58 bits per heavy atom. The predicted octanol–water partition coefficient (Wildman–Crippen LogP) is 4.36. The molecular formula is C25H28N4O2. The van der Waals surface area contributed by atoms with Gasteiger partial charge in [0, 0.05) is 32.0 Å². The molecule has 31 heavy (non-hydrogen) atoms. The normalized spacial score (nSPS) is 16.0. The van der Waals surface area contributed by atoms with Crippen LogP contribution in [0.2, 0.25) is 0 Å². The Hall–Kier alpha value is -3.41. The van der Waals surface area contributed by atoms with Crippen LogP contribution in [0, 0.1) is 5.92 Å². The second-order valence-electron chi connectivity index (χ2n) is 7.77. The smallest absolute Gasteiger partial charge is 0.263 e. The van der Waals surface area contributed by atoms with Gasteiger partial charge in [-0.25, -0.2) is 9.97 Å². The van der Waals surface area contributed by atoms with Crippen LogP contribution in [-0.4, -0.2) is 29.0 Å². The van der Waals surface area contributed by atoms with Crippen molar-refractivity contribution >= 4 is 11.7 Å². The first kappa shape index (κ1) is 20.8. The molecule has 1 atom stereocenters. The molecule has 0 unspecified atom stereocenters. The third kappa shape index (κ3) is 5.40. The lowest BCUT2D eigenvalue weighted by Gasteiger charge is -2.33. The maximum absolute atomic E-state index is 12.8. The van der Waals surface area contributed by atoms with Crippen molar-refractivity contribution < 1.29 is 9.53 Å². The molecule has 6 heteroatoms. The van der Waals surface area contributed by atoms with Crippen molar-refractivity contribution in [1.29, 1.82) is 0 Å². The summed E-state index contributed by atoms with van der Waals surface area (Å²) in [7, 11) is 0. The first-order valence-electron chi connectivity index (χ1n) is 10.9. The maximum Gasteiger partial charge on any atom is 0.263 e. The van der Waals surface area contributed by atoms with E-state index >= 15 is 0 Å². The lowest BCUT2D eigenvalue weighted by molar-refractivity contribution is -0.125. The highest BCUT2D eigenvalue weighted by atomic mass is 16.5. The summed E-state index contributed by atoms with van der Waals surface area (Å²) in [5.41, 5.74) is 2.42. The Labute approximate surface area is 183 Å². The molecule has 0 saturated carbocycles. The molecule has 1 saturated heterocycles. The molecule has 6 nitrogen and oxygen atoms in total. The van der Waals surface area contributed by atoms with Gasteiger partial charge in [0.25, 0.3) is 5.88 Å². The minimum atomic E-state index is -0.0877. The molecule has 0 bridgehead atoms. The second-order valence-corrected chi connectivity index (χ2v) is 7.77. The van der Waals surface area contributed by atoms with Gasteiger partial charge in [-0.05, 0) is 42.5 Å². The van der Waals surface area contributed by atoms with E-state index in [1.54, 1.807) is 12.4 Å². The van der Waals surface area contributed by atoms with Gasteiger partial charge in [-0.2, -0.15) is 0 Å². The second kappa shape index (κ2) is 10.1. The number of hydrogen-bond donors (Lipinski definition) is 1. The van der Waals surface area contributed by atoms with Gasteiger partial charge in [0.1, 0.15) is 5.75 Å². The molecule has 1 N–H and O–H groups in total. The summed E-state index contributed by atoms with van der Waals surface area (Å²) in [6.07, 6.45) is 6.09. The van der Waals surface area contributed by atoms with E-state index < -0.39 is 0 Å². The zero-order valence-electron chi connectivity index (χ0n) is 17.8. The Morgan fingerprint density at radius 1 is 1.06 bits per heavy atom. The molecule has 0 radical (unpaired) electrons. The molecule has 3 aromatic rings. The van der Waals surface area contributed by atoms with Crippen molar-refractivity contribution in [2.75, 3.05) is 18.0 Å². The summed E-state index contributed by atoms with van der Waals surface area (Å²) in [5, 5.41) is 3.10. The van der Waals surface area contributed by atoms with Crippen molar-refractivity contribution in [2.24, 2.45) is 5.92 Å². The quantitative estimate of drug-likeness (QED) is 0.620. The zero-order chi connectivity index (χ0) is 21.5. The van der Waals surface area contributed by atoms with Crippen molar-refractivity contribution in [3.63, 3.8) is 0 Å². The number of ether oxygens (including phenoxy) is 1. The molecule has 160 valence electrons. The van der Waals surface area contributed by atoms with E-state index in [1.807, 2.05) is 30.3 Å². The van der Waals surface area contributed by atoms with E-state index in [-0.39, 0.29) is 11.8 Å². The number of carbonyl (C=O) groups excluding carboxylic acids is 1. The predicted molar refractivity (Wildman–Crippen MR) is 121 cm³/mol. The third-order valence-corrected chi connectivity index (χ3v) is 5.59. The van der Waals surface area contributed by atoms with Gasteiger partial charge in [0.2, 0.25) is 5.91 Å². The average Bonchev–Trinajstić information content (AvgIpc) is 2.84. The number of rotatable bonds is 7. The lowest BCUT2D eigenvalue weighted by Crippen LogP contribution is -2.43. The summed E-state index contributed by atoms with van der Waals surface area (Å²) >= 11 is 0. The number of para-hydroxylation sites is 1. The first-order chi connectivity index (χ1) is 15.2. The topological polar surface area (TPSA) is 67.4 Å². The molecule has 1 aromatic heterocycles. The molecule has 1 aliphatic rings. The summed E-state index contributed by atoms with van der Waals surface area (Å²) in [6, 6.07) is 18.0. The molecule has 1 aliphatic heterocycles. The lowest BCUT2D eigenvalue weighted by atomic mass is 9.97. The fourth-order valence-electron chi connectivity index (χ4n) is 3.82. The molecule has 4 rings (SSSR count). The highest BCUT2D eigenvalue weighted by Gasteiger charge is 2.28. The summed E-state index contributed by atoms with van der Waals surface area (Å²) in [6.45, 7) is 4.11. The van der Waals surface area contributed by atoms with Crippen molar-refractivity contribution in [3.05, 3.63) is 78.1 Å². The Balaban J connectivity index is 1.39. The van der Waals surface area contributed by atoms with Crippen molar-refractivity contribution in [1.82, 2.24) is 15.3 Å². The summed E-state index contributed by atoms with van der Waals surface area (Å²) in [5.74, 6) is 1.85. The Morgan fingerprint density at radius 2 is 1.81 bits per heavy atom. The van der Waals surface area contributed by atoms with E-state index in [4.69, 9.17) is 4.74 Å². The van der Waals surface area contributed by atoms with Gasteiger partial charge in [0.05, 0.1) is 5.92 Å². The monoisotopic (exact) mass is 416 g/mol. The van der Waals surface area contributed by atoms with E-state index in [0.717, 1.165) is 31.4 Å². The van der Waals surface area contributed by atoms with Crippen LogP contribution in [0.25, 0.3) is 0 Å². The number of amides is 1. The highest BCUT2D eigenvalue weighted by Crippen LogP contribution is 2.31. The average molecular weight is 417 g/mol. The number of aryl methyl sites for hydroxylation is 1. The van der Waals surface area contributed by atoms with E-state index in [2.05, 4.69) is 51.4 Å². The van der Waals surface area contributed by atoms with Gasteiger partial charge in [-0.1, -0.05) is 49.4 Å². The SMILES string of the molecule is CCc1ccc(CNC(=O)[C@@H]2CCCN(c3nccnc3Oc3ccccc3)C2)cc1. The standard InChI is InChI=1S/C25H28N4O2/c1-2-19-10-12-20(13-11-19)17-28-24(30)21-7-6-16-29(18-21)23-25(27-15-14-26-23)31-22-8-4-3-5-9-22/h3-5,8-15,21H,2,6-7,16-18H2,1H3,(H,28,30)/t21-/m1/s1. The molecule has 1 fully saturated rings. The van der Waals surface area contributed by atoms with Crippen LogP contribution < -0.4 is 15.0 Å². The minimum absolute atomic E-state index is 0.0821. The van der Waals surface area contributed by atoms with Gasteiger partial charge in [-0.3, -0.25) is 4.79 Å². The number of hydrogen-bond acceptors (Lipinski definition) is 5. The highest BCUT2D eigenvalue weighted by molar-refractivity contribution is 5.79. The van der Waals surface area contributed by atoms with Gasteiger partial charge in [0.15, 0.2) is 5.82 Å². The van der Waals surface area contributed by atoms with Crippen LogP contribution >= 0.6 is 0 Å². The number of nitrogens with zero attached hydrogens (tertiary/aromatic N) is 3. The molecule has 1 amide bonds. The number of aromatic nitrogens is 2. The van der Waals surface area contributed by atoms with Gasteiger partial charge >= 0.3 is 0 Å². The largest absolute Gasteiger partial charge is 0.436 e. The summed E-state index contributed by atoms with van der Waals surface area (Å²) in [4.78, 5) is 23.8.